The fraction of sp³-hybridized carbons (Fsp3) is 0.611. The van der Waals surface area contributed by atoms with Gasteiger partial charge in [-0.15, -0.1) is 0 Å². The summed E-state index contributed by atoms with van der Waals surface area (Å²) < 4.78 is 15.2. The summed E-state index contributed by atoms with van der Waals surface area (Å²) >= 11 is 0. The van der Waals surface area contributed by atoms with Gasteiger partial charge in [0.2, 0.25) is 0 Å². The van der Waals surface area contributed by atoms with Crippen molar-refractivity contribution in [1.29, 1.82) is 0 Å². The highest BCUT2D eigenvalue weighted by molar-refractivity contribution is 5.66. The summed E-state index contributed by atoms with van der Waals surface area (Å²) in [6.45, 7) is 2.68. The van der Waals surface area contributed by atoms with E-state index in [0.29, 0.717) is 25.8 Å². The monoisotopic (exact) mass is 354 g/mol. The normalized spacial score (nSPS) is 13.0. The Balaban J connectivity index is 2.26. The van der Waals surface area contributed by atoms with Crippen LogP contribution in [-0.2, 0) is 36.7 Å². The number of carboxylic acid groups (broad SMARTS) is 1. The summed E-state index contributed by atoms with van der Waals surface area (Å²) in [6.07, 6.45) is 4.31. The van der Waals surface area contributed by atoms with Crippen LogP contribution in [0.3, 0.4) is 0 Å². The van der Waals surface area contributed by atoms with E-state index >= 15 is 0 Å². The largest absolute Gasteiger partial charge is 0.481 e. The first-order valence-electron chi connectivity index (χ1n) is 8.48. The van der Waals surface area contributed by atoms with E-state index < -0.39 is 12.1 Å². The Labute approximate surface area is 147 Å². The van der Waals surface area contributed by atoms with Crippen LogP contribution >= 0.6 is 0 Å². The van der Waals surface area contributed by atoms with Crippen molar-refractivity contribution in [1.82, 2.24) is 0 Å². The molecule has 0 radical (unpaired) electrons. The fourth-order valence-corrected chi connectivity index (χ4v) is 2.64. The molecule has 2 atom stereocenters. The molecule has 0 aliphatic rings. The van der Waals surface area contributed by atoms with Gasteiger partial charge in [-0.1, -0.05) is 6.92 Å². The van der Waals surface area contributed by atoms with E-state index in [2.05, 4.69) is 4.74 Å². The van der Waals surface area contributed by atoms with Gasteiger partial charge in [-0.2, -0.15) is 0 Å². The van der Waals surface area contributed by atoms with Gasteiger partial charge in [0.25, 0.3) is 12.9 Å². The van der Waals surface area contributed by atoms with Crippen molar-refractivity contribution in [3.63, 3.8) is 0 Å². The molecule has 1 aromatic heterocycles. The van der Waals surface area contributed by atoms with Crippen molar-refractivity contribution >= 4 is 18.9 Å². The average Bonchev–Trinajstić information content (AvgIpc) is 2.99. The van der Waals surface area contributed by atoms with Crippen LogP contribution in [0, 0.1) is 5.92 Å². The van der Waals surface area contributed by atoms with Crippen LogP contribution in [0.1, 0.15) is 50.5 Å². The topological polar surface area (TPSA) is 103 Å². The van der Waals surface area contributed by atoms with Gasteiger partial charge in [0.1, 0.15) is 24.2 Å². The van der Waals surface area contributed by atoms with Gasteiger partial charge in [-0.25, -0.2) is 0 Å². The Morgan fingerprint density at radius 2 is 1.80 bits per heavy atom. The number of furan rings is 1. The second-order valence-corrected chi connectivity index (χ2v) is 6.14. The van der Waals surface area contributed by atoms with Gasteiger partial charge in [0.05, 0.1) is 0 Å². The van der Waals surface area contributed by atoms with E-state index in [4.69, 9.17) is 14.3 Å². The molecule has 140 valence electrons. The zero-order valence-corrected chi connectivity index (χ0v) is 14.5. The van der Waals surface area contributed by atoms with Crippen molar-refractivity contribution in [3.05, 3.63) is 23.7 Å². The maximum absolute atomic E-state index is 10.6. The molecule has 1 heterocycles. The summed E-state index contributed by atoms with van der Waals surface area (Å²) in [7, 11) is 0. The first-order chi connectivity index (χ1) is 12.0. The van der Waals surface area contributed by atoms with Gasteiger partial charge >= 0.3 is 5.97 Å². The molecule has 0 spiro atoms. The first kappa shape index (κ1) is 20.7. The second kappa shape index (κ2) is 12.1. The molecule has 0 aromatic carbocycles. The smallest absolute Gasteiger partial charge is 0.303 e. The summed E-state index contributed by atoms with van der Waals surface area (Å²) in [4.78, 5) is 31.2. The first-order valence-corrected chi connectivity index (χ1v) is 8.48. The highest BCUT2D eigenvalue weighted by atomic mass is 16.6. The number of carbonyl (C=O) groups excluding carboxylic acids is 2. The molecule has 0 saturated carbocycles. The summed E-state index contributed by atoms with van der Waals surface area (Å²) in [5, 5.41) is 8.73. The van der Waals surface area contributed by atoms with E-state index in [1.54, 1.807) is 0 Å². The number of aliphatic carboxylic acids is 1. The standard InChI is InChI=1S/C18H26O7/c1-14(10-18(21)22)4-2-5-15-8-9-16(25-15)6-3-7-17(24-13-20)11-23-12-19/h8-9,12-14,17H,2-7,10-11H2,1H3,(H,21,22). The second-order valence-electron chi connectivity index (χ2n) is 6.14. The van der Waals surface area contributed by atoms with Gasteiger partial charge < -0.3 is 19.0 Å². The lowest BCUT2D eigenvalue weighted by Crippen LogP contribution is -2.19. The maximum atomic E-state index is 10.6. The lowest BCUT2D eigenvalue weighted by molar-refractivity contribution is -0.143. The molecule has 7 heteroatoms. The molecule has 1 aromatic rings. The number of ether oxygens (including phenoxy) is 2. The lowest BCUT2D eigenvalue weighted by atomic mass is 10.0. The summed E-state index contributed by atoms with van der Waals surface area (Å²) in [5.74, 6) is 1.15. The maximum Gasteiger partial charge on any atom is 0.303 e. The van der Waals surface area contributed by atoms with Crippen molar-refractivity contribution in [3.8, 4) is 0 Å². The van der Waals surface area contributed by atoms with Crippen molar-refractivity contribution in [2.45, 2.75) is 58.0 Å². The summed E-state index contributed by atoms with van der Waals surface area (Å²) in [6, 6.07) is 3.86. The highest BCUT2D eigenvalue weighted by Crippen LogP contribution is 2.17. The van der Waals surface area contributed by atoms with Crippen LogP contribution in [0.4, 0.5) is 0 Å². The number of hydrogen-bond acceptors (Lipinski definition) is 6. The number of hydrogen-bond donors (Lipinski definition) is 1. The molecule has 0 saturated heterocycles. The van der Waals surface area contributed by atoms with Gasteiger partial charge in [-0.05, 0) is 43.7 Å². The van der Waals surface area contributed by atoms with E-state index in [9.17, 15) is 14.4 Å². The minimum absolute atomic E-state index is 0.0557. The minimum Gasteiger partial charge on any atom is -0.481 e. The number of carbonyl (C=O) groups is 3. The van der Waals surface area contributed by atoms with Crippen LogP contribution in [-0.4, -0.2) is 36.7 Å². The van der Waals surface area contributed by atoms with E-state index in [-0.39, 0.29) is 18.9 Å². The molecule has 1 rings (SSSR count). The van der Waals surface area contributed by atoms with Crippen molar-refractivity contribution in [2.75, 3.05) is 6.61 Å². The molecular formula is C18H26O7. The molecule has 1 N–H and O–H groups in total. The fourth-order valence-electron chi connectivity index (χ4n) is 2.64. The van der Waals surface area contributed by atoms with E-state index in [1.807, 2.05) is 19.1 Å². The van der Waals surface area contributed by atoms with Crippen molar-refractivity contribution < 1.29 is 33.4 Å². The summed E-state index contributed by atoms with van der Waals surface area (Å²) in [5.41, 5.74) is 0. The van der Waals surface area contributed by atoms with Crippen LogP contribution in [0.5, 0.6) is 0 Å². The lowest BCUT2D eigenvalue weighted by Gasteiger charge is -2.12. The molecule has 0 bridgehead atoms. The van der Waals surface area contributed by atoms with Crippen molar-refractivity contribution in [2.24, 2.45) is 5.92 Å². The van der Waals surface area contributed by atoms with E-state index in [1.165, 1.54) is 0 Å². The predicted molar refractivity (Wildman–Crippen MR) is 89.0 cm³/mol. The quantitative estimate of drug-likeness (QED) is 0.483. The molecule has 2 unspecified atom stereocenters. The Kier molecular flexibility index (Phi) is 10.0. The Morgan fingerprint density at radius 1 is 1.16 bits per heavy atom. The Morgan fingerprint density at radius 3 is 2.36 bits per heavy atom. The minimum atomic E-state index is -0.761. The molecule has 0 amide bonds. The number of rotatable bonds is 15. The molecular weight excluding hydrogens is 328 g/mol. The van der Waals surface area contributed by atoms with Crippen LogP contribution < -0.4 is 0 Å². The Hall–Kier alpha value is -2.31. The molecule has 0 aliphatic heterocycles. The van der Waals surface area contributed by atoms with Crippen LogP contribution in [0.15, 0.2) is 16.5 Å². The molecule has 0 fully saturated rings. The molecule has 25 heavy (non-hydrogen) atoms. The third-order valence-electron chi connectivity index (χ3n) is 3.91. The third-order valence-corrected chi connectivity index (χ3v) is 3.91. The average molecular weight is 354 g/mol. The molecule has 7 nitrogen and oxygen atoms in total. The zero-order chi connectivity index (χ0) is 18.5. The van der Waals surface area contributed by atoms with Gasteiger partial charge in [0.15, 0.2) is 0 Å². The predicted octanol–water partition coefficient (Wildman–Crippen LogP) is 2.75. The van der Waals surface area contributed by atoms with Crippen LogP contribution in [0.2, 0.25) is 0 Å². The van der Waals surface area contributed by atoms with E-state index in [0.717, 1.165) is 37.2 Å². The SMILES string of the molecule is CC(CCCc1ccc(CCCC(COC=O)OC=O)o1)CC(=O)O. The highest BCUT2D eigenvalue weighted by Gasteiger charge is 2.11. The zero-order valence-electron chi connectivity index (χ0n) is 14.5. The third kappa shape index (κ3) is 9.54. The molecule has 0 aliphatic carbocycles. The van der Waals surface area contributed by atoms with Gasteiger partial charge in [0, 0.05) is 19.3 Å². The number of aryl methyl sites for hydroxylation is 2. The Bertz CT molecular complexity index is 523. The number of carboxylic acids is 1. The van der Waals surface area contributed by atoms with Gasteiger partial charge in [-0.3, -0.25) is 14.4 Å². The van der Waals surface area contributed by atoms with Crippen LogP contribution in [0.25, 0.3) is 0 Å².